The highest BCUT2D eigenvalue weighted by Crippen LogP contribution is 2.20. The Morgan fingerprint density at radius 3 is 2.47 bits per heavy atom. The topological polar surface area (TPSA) is 118 Å². The van der Waals surface area contributed by atoms with Gasteiger partial charge in [-0.1, -0.05) is 18.2 Å². The Labute approximate surface area is 85.9 Å². The van der Waals surface area contributed by atoms with Gasteiger partial charge in [-0.2, -0.15) is 0 Å². The van der Waals surface area contributed by atoms with E-state index in [1.165, 1.54) is 12.1 Å². The van der Waals surface area contributed by atoms with Crippen molar-refractivity contribution in [1.29, 1.82) is 0 Å². The molecule has 15 heavy (non-hydrogen) atoms. The van der Waals surface area contributed by atoms with E-state index < -0.39 is 18.0 Å². The minimum atomic E-state index is -1.19. The fourth-order valence-corrected chi connectivity index (χ4v) is 1.15. The molecule has 6 heteroatoms. The number of primary amides is 1. The number of para-hydroxylation sites is 1. The van der Waals surface area contributed by atoms with Crippen LogP contribution in [0.2, 0.25) is 0 Å². The number of hydrogen-bond acceptors (Lipinski definition) is 3. The van der Waals surface area contributed by atoms with Crippen LogP contribution in [0.15, 0.2) is 24.3 Å². The van der Waals surface area contributed by atoms with Gasteiger partial charge in [0.15, 0.2) is 0 Å². The average Bonchev–Trinajstić information content (AvgIpc) is 2.16. The minimum Gasteiger partial charge on any atom is -0.480 e. The lowest BCUT2D eigenvalue weighted by atomic mass is 10.1. The fourth-order valence-electron chi connectivity index (χ4n) is 1.15. The van der Waals surface area contributed by atoms with E-state index in [0.717, 1.165) is 0 Å². The van der Waals surface area contributed by atoms with Gasteiger partial charge in [-0.25, -0.2) is 4.79 Å². The third-order valence-electron chi connectivity index (χ3n) is 1.82. The Kier molecular flexibility index (Phi) is 3.25. The summed E-state index contributed by atoms with van der Waals surface area (Å²) < 4.78 is 0. The lowest BCUT2D eigenvalue weighted by molar-refractivity contribution is -0.138. The Bertz CT molecular complexity index is 392. The first-order chi connectivity index (χ1) is 7.02. The summed E-state index contributed by atoms with van der Waals surface area (Å²) in [6, 6.07) is 4.37. The Morgan fingerprint density at radius 1 is 1.33 bits per heavy atom. The van der Waals surface area contributed by atoms with Gasteiger partial charge in [-0.05, 0) is 6.07 Å². The fraction of sp³-hybridized carbons (Fsp3) is 0.111. The van der Waals surface area contributed by atoms with Crippen LogP contribution in [0.5, 0.6) is 0 Å². The molecule has 0 saturated carbocycles. The molecule has 80 valence electrons. The van der Waals surface area contributed by atoms with Crippen LogP contribution in [-0.4, -0.2) is 17.1 Å². The lowest BCUT2D eigenvalue weighted by Crippen LogP contribution is -2.25. The number of carboxylic acids is 1. The van der Waals surface area contributed by atoms with E-state index in [0.29, 0.717) is 11.3 Å². The SMILES string of the molecule is NC(=O)Nc1ccccc1C(N)C(=O)O. The highest BCUT2D eigenvalue weighted by atomic mass is 16.4. The number of urea groups is 1. The van der Waals surface area contributed by atoms with Gasteiger partial charge in [0.1, 0.15) is 6.04 Å². The molecule has 2 amide bonds. The van der Waals surface area contributed by atoms with Crippen LogP contribution in [0.1, 0.15) is 11.6 Å². The second kappa shape index (κ2) is 4.43. The maximum Gasteiger partial charge on any atom is 0.325 e. The Balaban J connectivity index is 3.05. The molecule has 1 aromatic carbocycles. The van der Waals surface area contributed by atoms with Crippen LogP contribution >= 0.6 is 0 Å². The number of hydrogen-bond donors (Lipinski definition) is 4. The third-order valence-corrected chi connectivity index (χ3v) is 1.82. The third kappa shape index (κ3) is 2.68. The standard InChI is InChI=1S/C9H11N3O3/c10-7(8(13)14)5-3-1-2-4-6(5)12-9(11)15/h1-4,7H,10H2,(H,13,14)(H3,11,12,15). The summed E-state index contributed by atoms with van der Waals surface area (Å²) in [5.74, 6) is -1.17. The van der Waals surface area contributed by atoms with Crippen molar-refractivity contribution in [2.45, 2.75) is 6.04 Å². The molecule has 1 unspecified atom stereocenters. The number of rotatable bonds is 3. The molecule has 6 N–H and O–H groups in total. The number of carboxylic acid groups (broad SMARTS) is 1. The zero-order chi connectivity index (χ0) is 11.4. The number of nitrogens with two attached hydrogens (primary N) is 2. The van der Waals surface area contributed by atoms with Crippen molar-refractivity contribution in [2.24, 2.45) is 11.5 Å². The van der Waals surface area contributed by atoms with Gasteiger partial charge in [0, 0.05) is 11.3 Å². The molecular weight excluding hydrogens is 198 g/mol. The van der Waals surface area contributed by atoms with Crippen molar-refractivity contribution in [3.8, 4) is 0 Å². The molecule has 6 nitrogen and oxygen atoms in total. The van der Waals surface area contributed by atoms with Crippen molar-refractivity contribution < 1.29 is 14.7 Å². The predicted molar refractivity (Wildman–Crippen MR) is 54.2 cm³/mol. The summed E-state index contributed by atoms with van der Waals surface area (Å²) in [6.07, 6.45) is 0. The molecule has 0 saturated heterocycles. The molecule has 1 atom stereocenters. The van der Waals surface area contributed by atoms with E-state index in [9.17, 15) is 9.59 Å². The Hall–Kier alpha value is -2.08. The zero-order valence-electron chi connectivity index (χ0n) is 7.81. The van der Waals surface area contributed by atoms with Gasteiger partial charge in [-0.15, -0.1) is 0 Å². The van der Waals surface area contributed by atoms with Crippen molar-refractivity contribution in [2.75, 3.05) is 5.32 Å². The molecule has 0 aliphatic rings. The molecule has 0 bridgehead atoms. The highest BCUT2D eigenvalue weighted by molar-refractivity contribution is 5.90. The summed E-state index contributed by atoms with van der Waals surface area (Å²) in [4.78, 5) is 21.3. The molecule has 0 radical (unpaired) electrons. The van der Waals surface area contributed by atoms with E-state index in [-0.39, 0.29) is 0 Å². The molecule has 0 fully saturated rings. The Morgan fingerprint density at radius 2 is 1.93 bits per heavy atom. The van der Waals surface area contributed by atoms with Crippen LogP contribution in [0.25, 0.3) is 0 Å². The largest absolute Gasteiger partial charge is 0.480 e. The molecule has 0 spiro atoms. The summed E-state index contributed by atoms with van der Waals surface area (Å²) >= 11 is 0. The van der Waals surface area contributed by atoms with E-state index in [4.69, 9.17) is 16.6 Å². The van der Waals surface area contributed by atoms with E-state index >= 15 is 0 Å². The first kappa shape index (κ1) is 11.0. The molecule has 0 heterocycles. The number of carbonyl (C=O) groups is 2. The monoisotopic (exact) mass is 209 g/mol. The van der Waals surface area contributed by atoms with Gasteiger partial charge >= 0.3 is 12.0 Å². The highest BCUT2D eigenvalue weighted by Gasteiger charge is 2.17. The second-order valence-corrected chi connectivity index (χ2v) is 2.89. The number of amides is 2. The summed E-state index contributed by atoms with van der Waals surface area (Å²) in [7, 11) is 0. The first-order valence-corrected chi connectivity index (χ1v) is 4.16. The number of carbonyl (C=O) groups excluding carboxylic acids is 1. The molecule has 0 aliphatic heterocycles. The van der Waals surface area contributed by atoms with Crippen molar-refractivity contribution in [3.63, 3.8) is 0 Å². The summed E-state index contributed by atoms with van der Waals surface area (Å²) in [6.45, 7) is 0. The normalized spacial score (nSPS) is 11.8. The number of aliphatic carboxylic acids is 1. The van der Waals surface area contributed by atoms with E-state index in [2.05, 4.69) is 5.32 Å². The smallest absolute Gasteiger partial charge is 0.325 e. The predicted octanol–water partition coefficient (Wildman–Crippen LogP) is 0.262. The van der Waals surface area contributed by atoms with Crippen LogP contribution in [0.3, 0.4) is 0 Å². The van der Waals surface area contributed by atoms with Crippen molar-refractivity contribution in [3.05, 3.63) is 29.8 Å². The molecule has 0 aliphatic carbocycles. The maximum atomic E-state index is 10.7. The van der Waals surface area contributed by atoms with Crippen molar-refractivity contribution >= 4 is 17.7 Å². The van der Waals surface area contributed by atoms with Crippen LogP contribution in [0.4, 0.5) is 10.5 Å². The second-order valence-electron chi connectivity index (χ2n) is 2.89. The van der Waals surface area contributed by atoms with Gasteiger partial charge in [0.25, 0.3) is 0 Å². The average molecular weight is 209 g/mol. The summed E-state index contributed by atoms with van der Waals surface area (Å²) in [5, 5.41) is 11.0. The molecule has 0 aromatic heterocycles. The van der Waals surface area contributed by atoms with E-state index in [1.54, 1.807) is 12.1 Å². The maximum absolute atomic E-state index is 10.7. The lowest BCUT2D eigenvalue weighted by Gasteiger charge is -2.12. The van der Waals surface area contributed by atoms with Gasteiger partial charge in [0.2, 0.25) is 0 Å². The van der Waals surface area contributed by atoms with Crippen LogP contribution in [0, 0.1) is 0 Å². The first-order valence-electron chi connectivity index (χ1n) is 4.16. The molecular formula is C9H11N3O3. The van der Waals surface area contributed by atoms with Crippen LogP contribution in [-0.2, 0) is 4.79 Å². The van der Waals surface area contributed by atoms with Gasteiger partial charge in [0.05, 0.1) is 0 Å². The molecule has 1 rings (SSSR count). The quantitative estimate of drug-likeness (QED) is 0.570. The van der Waals surface area contributed by atoms with Gasteiger partial charge < -0.3 is 21.9 Å². The number of benzene rings is 1. The van der Waals surface area contributed by atoms with Crippen LogP contribution < -0.4 is 16.8 Å². The molecule has 1 aromatic rings. The van der Waals surface area contributed by atoms with E-state index in [1.807, 2.05) is 0 Å². The minimum absolute atomic E-state index is 0.305. The summed E-state index contributed by atoms with van der Waals surface area (Å²) in [5.41, 5.74) is 11.0. The zero-order valence-corrected chi connectivity index (χ0v) is 7.81. The van der Waals surface area contributed by atoms with Crippen molar-refractivity contribution in [1.82, 2.24) is 0 Å². The van der Waals surface area contributed by atoms with Gasteiger partial charge in [-0.3, -0.25) is 4.79 Å². The number of anilines is 1. The number of nitrogens with one attached hydrogen (secondary N) is 1.